The van der Waals surface area contributed by atoms with Crippen LogP contribution in [0.3, 0.4) is 0 Å². The summed E-state index contributed by atoms with van der Waals surface area (Å²) in [5.74, 6) is 1.35. The molecule has 2 aromatic rings. The Morgan fingerprint density at radius 1 is 1.28 bits per heavy atom. The largest absolute Gasteiger partial charge is 0.360 e. The van der Waals surface area contributed by atoms with E-state index >= 15 is 0 Å². The fourth-order valence-corrected chi connectivity index (χ4v) is 3.53. The van der Waals surface area contributed by atoms with E-state index in [1.54, 1.807) is 0 Å². The number of aromatic nitrogens is 2. The summed E-state index contributed by atoms with van der Waals surface area (Å²) in [6, 6.07) is 3.77. The van der Waals surface area contributed by atoms with Crippen molar-refractivity contribution in [1.82, 2.24) is 19.9 Å². The van der Waals surface area contributed by atoms with Crippen LogP contribution in [0.25, 0.3) is 5.82 Å². The third-order valence-electron chi connectivity index (χ3n) is 4.62. The van der Waals surface area contributed by atoms with Crippen LogP contribution in [0.5, 0.6) is 0 Å². The maximum Gasteiger partial charge on any atom is 0.255 e. The highest BCUT2D eigenvalue weighted by Crippen LogP contribution is 2.23. The first kappa shape index (κ1) is 17.3. The van der Waals surface area contributed by atoms with Gasteiger partial charge >= 0.3 is 0 Å². The van der Waals surface area contributed by atoms with Crippen molar-refractivity contribution in [2.45, 2.75) is 46.6 Å². The average Bonchev–Trinajstić information content (AvgIpc) is 3.09. The van der Waals surface area contributed by atoms with Gasteiger partial charge in [0.15, 0.2) is 5.82 Å². The molecule has 1 aliphatic heterocycles. The average molecular weight is 344 g/mol. The van der Waals surface area contributed by atoms with Crippen LogP contribution in [0, 0.1) is 20.8 Å². The Labute approximate surface area is 147 Å². The van der Waals surface area contributed by atoms with E-state index in [4.69, 9.17) is 4.52 Å². The Morgan fingerprint density at radius 2 is 2.04 bits per heavy atom. The van der Waals surface area contributed by atoms with Gasteiger partial charge in [-0.1, -0.05) is 5.16 Å². The van der Waals surface area contributed by atoms with Crippen LogP contribution in [0.1, 0.15) is 47.3 Å². The van der Waals surface area contributed by atoms with Crippen LogP contribution >= 0.6 is 0 Å². The summed E-state index contributed by atoms with van der Waals surface area (Å²) in [4.78, 5) is 26.1. The van der Waals surface area contributed by atoms with Gasteiger partial charge in [0.05, 0.1) is 5.56 Å². The van der Waals surface area contributed by atoms with E-state index in [0.29, 0.717) is 24.5 Å². The number of piperidine rings is 1. The molecule has 0 aromatic carbocycles. The van der Waals surface area contributed by atoms with Gasteiger partial charge in [0.2, 0.25) is 5.91 Å². The van der Waals surface area contributed by atoms with Crippen molar-refractivity contribution < 1.29 is 14.1 Å². The highest BCUT2D eigenvalue weighted by Gasteiger charge is 2.27. The van der Waals surface area contributed by atoms with E-state index in [1.165, 1.54) is 6.92 Å². The predicted octanol–water partition coefficient (Wildman–Crippen LogP) is 2.13. The summed E-state index contributed by atoms with van der Waals surface area (Å²) < 4.78 is 7.09. The van der Waals surface area contributed by atoms with Crippen molar-refractivity contribution in [2.24, 2.45) is 0 Å². The van der Waals surface area contributed by atoms with Gasteiger partial charge in [-0.3, -0.25) is 14.2 Å². The number of likely N-dealkylation sites (tertiary alicyclic amines) is 1. The fourth-order valence-electron chi connectivity index (χ4n) is 3.53. The molecule has 1 aliphatic rings. The summed E-state index contributed by atoms with van der Waals surface area (Å²) in [6.07, 6.45) is 1.79. The molecule has 2 aromatic heterocycles. The van der Waals surface area contributed by atoms with Crippen LogP contribution in [-0.4, -0.2) is 45.6 Å². The van der Waals surface area contributed by atoms with Crippen molar-refractivity contribution >= 4 is 11.8 Å². The number of carbonyl (C=O) groups excluding carboxylic acids is 2. The van der Waals surface area contributed by atoms with Gasteiger partial charge in [0.1, 0.15) is 5.76 Å². The van der Waals surface area contributed by atoms with Crippen LogP contribution in [0.4, 0.5) is 0 Å². The SMILES string of the molecule is CC(=O)NC1CCCN(C(=O)c2cc(C)n(-c3cc(C)on3)c2C)C1. The van der Waals surface area contributed by atoms with E-state index < -0.39 is 0 Å². The first-order chi connectivity index (χ1) is 11.9. The Bertz CT molecular complexity index is 805. The topological polar surface area (TPSA) is 80.4 Å². The van der Waals surface area contributed by atoms with Crippen LogP contribution < -0.4 is 5.32 Å². The molecule has 0 bridgehead atoms. The van der Waals surface area contributed by atoms with Gasteiger partial charge in [-0.25, -0.2) is 0 Å². The third-order valence-corrected chi connectivity index (χ3v) is 4.62. The van der Waals surface area contributed by atoms with Gasteiger partial charge < -0.3 is 14.7 Å². The molecule has 0 radical (unpaired) electrons. The van der Waals surface area contributed by atoms with Crippen molar-refractivity contribution in [1.29, 1.82) is 0 Å². The minimum Gasteiger partial charge on any atom is -0.360 e. The van der Waals surface area contributed by atoms with Gasteiger partial charge in [-0.2, -0.15) is 0 Å². The second-order valence-corrected chi connectivity index (χ2v) is 6.71. The van der Waals surface area contributed by atoms with E-state index in [2.05, 4.69) is 10.5 Å². The number of nitrogens with zero attached hydrogens (tertiary/aromatic N) is 3. The zero-order chi connectivity index (χ0) is 18.1. The zero-order valence-electron chi connectivity index (χ0n) is 15.1. The summed E-state index contributed by atoms with van der Waals surface area (Å²) in [5, 5.41) is 6.97. The van der Waals surface area contributed by atoms with Gasteiger partial charge in [0.25, 0.3) is 5.91 Å². The fraction of sp³-hybridized carbons (Fsp3) is 0.500. The second kappa shape index (κ2) is 6.74. The summed E-state index contributed by atoms with van der Waals surface area (Å²) in [6.45, 7) is 8.47. The molecular formula is C18H24N4O3. The lowest BCUT2D eigenvalue weighted by Crippen LogP contribution is -2.49. The molecule has 1 unspecified atom stereocenters. The smallest absolute Gasteiger partial charge is 0.255 e. The summed E-state index contributed by atoms with van der Waals surface area (Å²) >= 11 is 0. The number of aryl methyl sites for hydroxylation is 2. The van der Waals surface area contributed by atoms with E-state index in [0.717, 1.165) is 30.0 Å². The number of rotatable bonds is 3. The van der Waals surface area contributed by atoms with Crippen LogP contribution in [-0.2, 0) is 4.79 Å². The highest BCUT2D eigenvalue weighted by molar-refractivity contribution is 5.96. The Morgan fingerprint density at radius 3 is 2.68 bits per heavy atom. The number of carbonyl (C=O) groups is 2. The minimum absolute atomic E-state index is 0.00498. The number of hydrogen-bond donors (Lipinski definition) is 1. The lowest BCUT2D eigenvalue weighted by molar-refractivity contribution is -0.120. The first-order valence-corrected chi connectivity index (χ1v) is 8.56. The van der Waals surface area contributed by atoms with Crippen molar-refractivity contribution in [2.75, 3.05) is 13.1 Å². The lowest BCUT2D eigenvalue weighted by Gasteiger charge is -2.33. The molecule has 7 heteroatoms. The maximum atomic E-state index is 13.0. The zero-order valence-corrected chi connectivity index (χ0v) is 15.1. The molecule has 0 saturated carbocycles. The van der Waals surface area contributed by atoms with Crippen molar-refractivity contribution in [3.8, 4) is 5.82 Å². The van der Waals surface area contributed by atoms with Crippen molar-refractivity contribution in [3.63, 3.8) is 0 Å². The quantitative estimate of drug-likeness (QED) is 0.925. The molecule has 7 nitrogen and oxygen atoms in total. The minimum atomic E-state index is -0.0566. The highest BCUT2D eigenvalue weighted by atomic mass is 16.5. The van der Waals surface area contributed by atoms with Gasteiger partial charge in [-0.05, 0) is 39.7 Å². The second-order valence-electron chi connectivity index (χ2n) is 6.71. The Hall–Kier alpha value is -2.57. The molecule has 1 fully saturated rings. The number of hydrogen-bond acceptors (Lipinski definition) is 4. The molecule has 25 heavy (non-hydrogen) atoms. The van der Waals surface area contributed by atoms with Crippen LogP contribution in [0.2, 0.25) is 0 Å². The molecule has 1 N–H and O–H groups in total. The van der Waals surface area contributed by atoms with E-state index in [9.17, 15) is 9.59 Å². The van der Waals surface area contributed by atoms with Gasteiger partial charge in [0, 0.05) is 43.5 Å². The molecule has 3 rings (SSSR count). The van der Waals surface area contributed by atoms with Crippen molar-refractivity contribution in [3.05, 3.63) is 34.8 Å². The van der Waals surface area contributed by atoms with Crippen LogP contribution in [0.15, 0.2) is 16.7 Å². The Kier molecular flexibility index (Phi) is 4.65. The normalized spacial score (nSPS) is 17.6. The molecule has 0 spiro atoms. The third kappa shape index (κ3) is 3.45. The number of nitrogens with one attached hydrogen (secondary N) is 1. The molecule has 0 aliphatic carbocycles. The predicted molar refractivity (Wildman–Crippen MR) is 92.8 cm³/mol. The maximum absolute atomic E-state index is 13.0. The monoisotopic (exact) mass is 344 g/mol. The summed E-state index contributed by atoms with van der Waals surface area (Å²) in [5.41, 5.74) is 2.45. The molecule has 1 saturated heterocycles. The molecule has 134 valence electrons. The lowest BCUT2D eigenvalue weighted by atomic mass is 10.0. The summed E-state index contributed by atoms with van der Waals surface area (Å²) in [7, 11) is 0. The molecule has 3 heterocycles. The first-order valence-electron chi connectivity index (χ1n) is 8.56. The standard InChI is InChI=1S/C18H24N4O3/c1-11-8-16(13(3)22(11)17-9-12(2)25-20-17)18(24)21-7-5-6-15(10-21)19-14(4)23/h8-9,15H,5-7,10H2,1-4H3,(H,19,23). The van der Waals surface area contributed by atoms with E-state index in [-0.39, 0.29) is 17.9 Å². The number of amides is 2. The molecule has 2 amide bonds. The molecular weight excluding hydrogens is 320 g/mol. The van der Waals surface area contributed by atoms with Gasteiger partial charge in [-0.15, -0.1) is 0 Å². The Balaban J connectivity index is 1.84. The molecule has 1 atom stereocenters. The van der Waals surface area contributed by atoms with E-state index in [1.807, 2.05) is 42.4 Å².